The molecule has 12 heavy (non-hydrogen) atoms. The maximum atomic E-state index is 10.7. The van der Waals surface area contributed by atoms with E-state index in [0.717, 1.165) is 16.6 Å². The van der Waals surface area contributed by atoms with Gasteiger partial charge in [-0.1, -0.05) is 15.9 Å². The zero-order valence-electron chi connectivity index (χ0n) is 6.88. The number of ketones is 1. The molecule has 0 radical (unpaired) electrons. The van der Waals surface area contributed by atoms with E-state index in [0.29, 0.717) is 6.42 Å². The second-order valence-electron chi connectivity index (χ2n) is 2.67. The number of carbonyl (C=O) groups is 1. The van der Waals surface area contributed by atoms with Crippen LogP contribution in [0.3, 0.4) is 0 Å². The van der Waals surface area contributed by atoms with E-state index in [-0.39, 0.29) is 5.78 Å². The van der Waals surface area contributed by atoms with Crippen LogP contribution in [0, 0.1) is 0 Å². The number of hydrogen-bond acceptors (Lipinski definition) is 2. The minimum absolute atomic E-state index is 0.205. The van der Waals surface area contributed by atoms with Gasteiger partial charge in [-0.3, -0.25) is 4.98 Å². The number of hydrogen-bond donors (Lipinski definition) is 0. The van der Waals surface area contributed by atoms with Gasteiger partial charge in [-0.15, -0.1) is 0 Å². The van der Waals surface area contributed by atoms with Gasteiger partial charge >= 0.3 is 0 Å². The first kappa shape index (κ1) is 9.39. The second-order valence-corrected chi connectivity index (χ2v) is 3.58. The maximum absolute atomic E-state index is 10.7. The number of halogens is 1. The average Bonchev–Trinajstić information content (AvgIpc) is 2.01. The Morgan fingerprint density at radius 2 is 2.42 bits per heavy atom. The summed E-state index contributed by atoms with van der Waals surface area (Å²) < 4.78 is 1.01. The fourth-order valence-corrected chi connectivity index (χ4v) is 1.27. The van der Waals surface area contributed by atoms with Gasteiger partial charge in [-0.05, 0) is 25.5 Å². The number of aryl methyl sites for hydroxylation is 1. The topological polar surface area (TPSA) is 30.0 Å². The molecule has 1 aromatic heterocycles. The summed E-state index contributed by atoms with van der Waals surface area (Å²) >= 11 is 3.34. The minimum atomic E-state index is 0.205. The van der Waals surface area contributed by atoms with Gasteiger partial charge in [0.05, 0.1) is 0 Å². The summed E-state index contributed by atoms with van der Waals surface area (Å²) in [6.45, 7) is 1.60. The van der Waals surface area contributed by atoms with Gasteiger partial charge in [0.15, 0.2) is 0 Å². The largest absolute Gasteiger partial charge is 0.300 e. The summed E-state index contributed by atoms with van der Waals surface area (Å²) in [5.74, 6) is 0.205. The van der Waals surface area contributed by atoms with Crippen LogP contribution < -0.4 is 0 Å². The van der Waals surface area contributed by atoms with Crippen LogP contribution in [-0.2, 0) is 11.2 Å². The fraction of sp³-hybridized carbons (Fsp3) is 0.333. The third-order valence-electron chi connectivity index (χ3n) is 1.51. The van der Waals surface area contributed by atoms with E-state index in [1.807, 2.05) is 12.1 Å². The van der Waals surface area contributed by atoms with E-state index < -0.39 is 0 Å². The molecule has 0 atom stereocenters. The van der Waals surface area contributed by atoms with Crippen molar-refractivity contribution < 1.29 is 4.79 Å². The Morgan fingerprint density at radius 1 is 1.67 bits per heavy atom. The van der Waals surface area contributed by atoms with Crippen molar-refractivity contribution in [2.24, 2.45) is 0 Å². The Hall–Kier alpha value is -0.700. The molecule has 0 aliphatic carbocycles. The van der Waals surface area contributed by atoms with E-state index in [1.54, 1.807) is 13.1 Å². The quantitative estimate of drug-likeness (QED) is 0.794. The molecule has 0 aliphatic heterocycles. The van der Waals surface area contributed by atoms with E-state index in [2.05, 4.69) is 20.9 Å². The molecule has 1 aromatic rings. The average molecular weight is 228 g/mol. The first-order chi connectivity index (χ1) is 5.68. The Bertz CT molecular complexity index is 286. The molecule has 0 aromatic carbocycles. The van der Waals surface area contributed by atoms with Crippen molar-refractivity contribution in [3.05, 3.63) is 28.5 Å². The molecule has 0 bridgehead atoms. The molecule has 0 fully saturated rings. The summed E-state index contributed by atoms with van der Waals surface area (Å²) in [6.07, 6.45) is 3.04. The minimum Gasteiger partial charge on any atom is -0.300 e. The molecule has 0 saturated heterocycles. The molecule has 0 amide bonds. The smallest absolute Gasteiger partial charge is 0.130 e. The van der Waals surface area contributed by atoms with Crippen LogP contribution in [-0.4, -0.2) is 10.8 Å². The Balaban J connectivity index is 2.57. The molecule has 0 saturated carbocycles. The molecule has 0 N–H and O–H groups in total. The molecule has 3 heteroatoms. The normalized spacial score (nSPS) is 9.83. The number of nitrogens with zero attached hydrogens (tertiary/aromatic N) is 1. The van der Waals surface area contributed by atoms with E-state index in [4.69, 9.17) is 0 Å². The van der Waals surface area contributed by atoms with Crippen molar-refractivity contribution in [2.75, 3.05) is 0 Å². The summed E-state index contributed by atoms with van der Waals surface area (Å²) in [4.78, 5) is 14.8. The molecule has 1 rings (SSSR count). The van der Waals surface area contributed by atoms with Crippen LogP contribution in [0.15, 0.2) is 22.8 Å². The summed E-state index contributed by atoms with van der Waals surface area (Å²) in [5, 5.41) is 0. The lowest BCUT2D eigenvalue weighted by atomic mass is 10.2. The lowest BCUT2D eigenvalue weighted by Crippen LogP contribution is -1.95. The predicted octanol–water partition coefficient (Wildman–Crippen LogP) is 2.37. The Kier molecular flexibility index (Phi) is 3.41. The highest BCUT2D eigenvalue weighted by Gasteiger charge is 1.97. The molecule has 0 spiro atoms. The van der Waals surface area contributed by atoms with Crippen LogP contribution in [0.2, 0.25) is 0 Å². The molecule has 0 unspecified atom stereocenters. The zero-order valence-corrected chi connectivity index (χ0v) is 8.47. The highest BCUT2D eigenvalue weighted by molar-refractivity contribution is 9.10. The zero-order chi connectivity index (χ0) is 8.97. The van der Waals surface area contributed by atoms with Gasteiger partial charge in [-0.25, -0.2) is 0 Å². The monoisotopic (exact) mass is 227 g/mol. The Morgan fingerprint density at radius 3 is 3.00 bits per heavy atom. The summed E-state index contributed by atoms with van der Waals surface area (Å²) in [5.41, 5.74) is 0.958. The number of pyridine rings is 1. The van der Waals surface area contributed by atoms with Gasteiger partial charge in [-0.2, -0.15) is 0 Å². The number of Topliss-reactive ketones (excluding diaryl/α,β-unsaturated/α-hetero) is 1. The summed E-state index contributed by atoms with van der Waals surface area (Å²) in [6, 6.07) is 3.81. The van der Waals surface area contributed by atoms with Gasteiger partial charge in [0.2, 0.25) is 0 Å². The maximum Gasteiger partial charge on any atom is 0.130 e. The standard InChI is InChI=1S/C9H10BrNO/c1-7(12)2-3-9-6-8(10)4-5-11-9/h4-6H,2-3H2,1H3. The third kappa shape index (κ3) is 3.13. The molecule has 1 heterocycles. The predicted molar refractivity (Wildman–Crippen MR) is 50.9 cm³/mol. The first-order valence-electron chi connectivity index (χ1n) is 3.78. The molecular weight excluding hydrogens is 218 g/mol. The van der Waals surface area contributed by atoms with Crippen molar-refractivity contribution >= 4 is 21.7 Å². The van der Waals surface area contributed by atoms with Crippen LogP contribution in [0.25, 0.3) is 0 Å². The summed E-state index contributed by atoms with van der Waals surface area (Å²) in [7, 11) is 0. The first-order valence-corrected chi connectivity index (χ1v) is 4.57. The van der Waals surface area contributed by atoms with Crippen molar-refractivity contribution in [3.63, 3.8) is 0 Å². The SMILES string of the molecule is CC(=O)CCc1cc(Br)ccn1. The van der Waals surface area contributed by atoms with Crippen molar-refractivity contribution in [3.8, 4) is 0 Å². The second kappa shape index (κ2) is 4.36. The van der Waals surface area contributed by atoms with Crippen LogP contribution in [0.4, 0.5) is 0 Å². The fourth-order valence-electron chi connectivity index (χ4n) is 0.890. The van der Waals surface area contributed by atoms with Crippen LogP contribution in [0.5, 0.6) is 0 Å². The number of carbonyl (C=O) groups excluding carboxylic acids is 1. The van der Waals surface area contributed by atoms with Gasteiger partial charge < -0.3 is 4.79 Å². The highest BCUT2D eigenvalue weighted by Crippen LogP contribution is 2.10. The van der Waals surface area contributed by atoms with Crippen molar-refractivity contribution in [1.29, 1.82) is 0 Å². The third-order valence-corrected chi connectivity index (χ3v) is 2.01. The number of rotatable bonds is 3. The highest BCUT2D eigenvalue weighted by atomic mass is 79.9. The van der Waals surface area contributed by atoms with E-state index >= 15 is 0 Å². The van der Waals surface area contributed by atoms with Gasteiger partial charge in [0, 0.05) is 22.8 Å². The van der Waals surface area contributed by atoms with Gasteiger partial charge in [0.25, 0.3) is 0 Å². The van der Waals surface area contributed by atoms with E-state index in [9.17, 15) is 4.79 Å². The number of aromatic nitrogens is 1. The lowest BCUT2D eigenvalue weighted by Gasteiger charge is -1.97. The molecule has 64 valence electrons. The van der Waals surface area contributed by atoms with Crippen molar-refractivity contribution in [1.82, 2.24) is 4.98 Å². The van der Waals surface area contributed by atoms with Gasteiger partial charge in [0.1, 0.15) is 5.78 Å². The molecular formula is C9H10BrNO. The van der Waals surface area contributed by atoms with Crippen molar-refractivity contribution in [2.45, 2.75) is 19.8 Å². The molecule has 0 aliphatic rings. The van der Waals surface area contributed by atoms with E-state index in [1.165, 1.54) is 0 Å². The Labute approximate surface area is 80.1 Å². The lowest BCUT2D eigenvalue weighted by molar-refractivity contribution is -0.116. The van der Waals surface area contributed by atoms with Crippen LogP contribution in [0.1, 0.15) is 19.0 Å². The molecule has 2 nitrogen and oxygen atoms in total. The van der Waals surface area contributed by atoms with Crippen LogP contribution >= 0.6 is 15.9 Å².